The van der Waals surface area contributed by atoms with Gasteiger partial charge in [-0.3, -0.25) is 4.79 Å². The number of hydrogen-bond donors (Lipinski definition) is 2. The summed E-state index contributed by atoms with van der Waals surface area (Å²) in [5.41, 5.74) is 7.06. The van der Waals surface area contributed by atoms with Gasteiger partial charge in [-0.25, -0.2) is 0 Å². The van der Waals surface area contributed by atoms with Gasteiger partial charge in [-0.1, -0.05) is 0 Å². The molecule has 2 fully saturated rings. The molecule has 2 aliphatic rings. The second-order valence-corrected chi connectivity index (χ2v) is 5.85. The fourth-order valence-electron chi connectivity index (χ4n) is 3.14. The van der Waals surface area contributed by atoms with Crippen LogP contribution in [0.15, 0.2) is 12.3 Å². The molecular formula is C14H21N3O2. The maximum Gasteiger partial charge on any atom is 0.268 e. The third-order valence-electron chi connectivity index (χ3n) is 4.08. The minimum Gasteiger partial charge on any atom is -0.397 e. The number of fused-ring (bicyclic) bond motifs is 2. The van der Waals surface area contributed by atoms with Gasteiger partial charge in [0, 0.05) is 12.2 Å². The largest absolute Gasteiger partial charge is 0.397 e. The summed E-state index contributed by atoms with van der Waals surface area (Å²) in [5, 5.41) is 3.09. The summed E-state index contributed by atoms with van der Waals surface area (Å²) < 4.78 is 7.67. The van der Waals surface area contributed by atoms with E-state index in [1.54, 1.807) is 6.07 Å². The van der Waals surface area contributed by atoms with Gasteiger partial charge in [0.1, 0.15) is 5.69 Å². The maximum atomic E-state index is 12.4. The van der Waals surface area contributed by atoms with Crippen LogP contribution in [0.25, 0.3) is 0 Å². The van der Waals surface area contributed by atoms with E-state index < -0.39 is 0 Å². The first kappa shape index (κ1) is 12.5. The molecule has 1 aromatic heterocycles. The van der Waals surface area contributed by atoms with Crippen LogP contribution in [0.5, 0.6) is 0 Å². The molecule has 5 heteroatoms. The van der Waals surface area contributed by atoms with Crippen LogP contribution in [0, 0.1) is 0 Å². The molecule has 1 amide bonds. The summed E-state index contributed by atoms with van der Waals surface area (Å²) >= 11 is 0. The van der Waals surface area contributed by atoms with Crippen LogP contribution >= 0.6 is 0 Å². The van der Waals surface area contributed by atoms with Crippen molar-refractivity contribution in [2.75, 3.05) is 5.73 Å². The van der Waals surface area contributed by atoms with Crippen molar-refractivity contribution < 1.29 is 9.53 Å². The molecule has 2 bridgehead atoms. The third kappa shape index (κ3) is 2.23. The molecule has 2 saturated heterocycles. The minimum atomic E-state index is -0.0495. The lowest BCUT2D eigenvalue weighted by Crippen LogP contribution is -2.42. The molecule has 3 heterocycles. The summed E-state index contributed by atoms with van der Waals surface area (Å²) in [4.78, 5) is 12.4. The molecule has 3 atom stereocenters. The Morgan fingerprint density at radius 2 is 2.32 bits per heavy atom. The first-order chi connectivity index (χ1) is 9.04. The summed E-state index contributed by atoms with van der Waals surface area (Å²) in [5.74, 6) is -0.0495. The SMILES string of the molecule is CC(C)n1cc(N)cc1C(=O)NC1CC2CCC1O2. The molecule has 0 aromatic carbocycles. The van der Waals surface area contributed by atoms with Gasteiger partial charge in [-0.15, -0.1) is 0 Å². The highest BCUT2D eigenvalue weighted by Gasteiger charge is 2.41. The Morgan fingerprint density at radius 3 is 2.89 bits per heavy atom. The van der Waals surface area contributed by atoms with Crippen molar-refractivity contribution in [3.63, 3.8) is 0 Å². The van der Waals surface area contributed by atoms with Gasteiger partial charge in [0.15, 0.2) is 0 Å². The molecule has 0 radical (unpaired) electrons. The number of hydrogen-bond acceptors (Lipinski definition) is 3. The van der Waals surface area contributed by atoms with Crippen molar-refractivity contribution in [3.8, 4) is 0 Å². The summed E-state index contributed by atoms with van der Waals surface area (Å²) in [6.45, 7) is 4.08. The number of nitrogens with two attached hydrogens (primary N) is 1. The van der Waals surface area contributed by atoms with Crippen molar-refractivity contribution in [2.24, 2.45) is 0 Å². The lowest BCUT2D eigenvalue weighted by Gasteiger charge is -2.21. The second kappa shape index (κ2) is 4.56. The molecule has 0 aliphatic carbocycles. The van der Waals surface area contributed by atoms with Gasteiger partial charge >= 0.3 is 0 Å². The smallest absolute Gasteiger partial charge is 0.268 e. The van der Waals surface area contributed by atoms with Crippen molar-refractivity contribution in [2.45, 2.75) is 57.4 Å². The first-order valence-corrected chi connectivity index (χ1v) is 6.98. The fourth-order valence-corrected chi connectivity index (χ4v) is 3.14. The zero-order chi connectivity index (χ0) is 13.6. The zero-order valence-corrected chi connectivity index (χ0v) is 11.4. The normalized spacial score (nSPS) is 29.1. The van der Waals surface area contributed by atoms with Crippen LogP contribution < -0.4 is 11.1 Å². The molecule has 0 spiro atoms. The van der Waals surface area contributed by atoms with Crippen LogP contribution in [0.1, 0.15) is 49.6 Å². The molecular weight excluding hydrogens is 242 g/mol. The van der Waals surface area contributed by atoms with Crippen molar-refractivity contribution in [1.29, 1.82) is 0 Å². The molecule has 5 nitrogen and oxygen atoms in total. The van der Waals surface area contributed by atoms with Gasteiger partial charge in [0.2, 0.25) is 0 Å². The molecule has 104 valence electrons. The molecule has 2 aliphatic heterocycles. The van der Waals surface area contributed by atoms with E-state index in [2.05, 4.69) is 5.32 Å². The highest BCUT2D eigenvalue weighted by molar-refractivity contribution is 5.94. The fraction of sp³-hybridized carbons (Fsp3) is 0.643. The van der Waals surface area contributed by atoms with E-state index in [9.17, 15) is 4.79 Å². The Kier molecular flexibility index (Phi) is 3.01. The number of amides is 1. The number of ether oxygens (including phenoxy) is 1. The van der Waals surface area contributed by atoms with E-state index in [-0.39, 0.29) is 24.1 Å². The van der Waals surface area contributed by atoms with Crippen LogP contribution in [-0.2, 0) is 4.74 Å². The third-order valence-corrected chi connectivity index (χ3v) is 4.08. The molecule has 3 unspecified atom stereocenters. The predicted octanol–water partition coefficient (Wildman–Crippen LogP) is 1.70. The van der Waals surface area contributed by atoms with Crippen LogP contribution in [0.2, 0.25) is 0 Å². The number of carbonyl (C=O) groups is 1. The number of carbonyl (C=O) groups excluding carboxylic acids is 1. The summed E-state index contributed by atoms with van der Waals surface area (Å²) in [6.07, 6.45) is 5.49. The number of aromatic nitrogens is 1. The van der Waals surface area contributed by atoms with Crippen LogP contribution in [0.4, 0.5) is 5.69 Å². The molecule has 1 aromatic rings. The molecule has 3 rings (SSSR count). The number of anilines is 1. The Bertz CT molecular complexity index is 495. The van der Waals surface area contributed by atoms with Gasteiger partial charge in [-0.05, 0) is 39.2 Å². The highest BCUT2D eigenvalue weighted by atomic mass is 16.5. The number of nitrogens with one attached hydrogen (secondary N) is 1. The number of nitrogen functional groups attached to an aromatic ring is 1. The summed E-state index contributed by atoms with van der Waals surface area (Å²) in [6, 6.07) is 2.11. The van der Waals surface area contributed by atoms with Gasteiger partial charge in [0.25, 0.3) is 5.91 Å². The first-order valence-electron chi connectivity index (χ1n) is 6.98. The van der Waals surface area contributed by atoms with Crippen molar-refractivity contribution >= 4 is 11.6 Å². The van der Waals surface area contributed by atoms with E-state index in [0.717, 1.165) is 19.3 Å². The van der Waals surface area contributed by atoms with Crippen molar-refractivity contribution in [3.05, 3.63) is 18.0 Å². The average Bonchev–Trinajstić information content (AvgIpc) is 3.02. The lowest BCUT2D eigenvalue weighted by atomic mass is 9.95. The molecule has 3 N–H and O–H groups in total. The monoisotopic (exact) mass is 263 g/mol. The summed E-state index contributed by atoms with van der Waals surface area (Å²) in [7, 11) is 0. The van der Waals surface area contributed by atoms with E-state index in [1.165, 1.54) is 0 Å². The molecule has 0 saturated carbocycles. The van der Waals surface area contributed by atoms with E-state index >= 15 is 0 Å². The molecule has 19 heavy (non-hydrogen) atoms. The van der Waals surface area contributed by atoms with Gasteiger partial charge < -0.3 is 20.4 Å². The average molecular weight is 263 g/mol. The Labute approximate surface area is 113 Å². The van der Waals surface area contributed by atoms with Gasteiger partial charge in [-0.2, -0.15) is 0 Å². The van der Waals surface area contributed by atoms with Gasteiger partial charge in [0.05, 0.1) is 23.9 Å². The highest BCUT2D eigenvalue weighted by Crippen LogP contribution is 2.34. The van der Waals surface area contributed by atoms with Crippen molar-refractivity contribution in [1.82, 2.24) is 9.88 Å². The predicted molar refractivity (Wildman–Crippen MR) is 73.0 cm³/mol. The van der Waals surface area contributed by atoms with Crippen LogP contribution in [-0.4, -0.2) is 28.7 Å². The number of rotatable bonds is 3. The van der Waals surface area contributed by atoms with E-state index in [0.29, 0.717) is 17.5 Å². The Balaban J connectivity index is 1.74. The standard InChI is InChI=1S/C14H21N3O2/c1-8(2)17-7-9(15)5-12(17)14(18)16-11-6-10-3-4-13(11)19-10/h5,7-8,10-11,13H,3-4,6,15H2,1-2H3,(H,16,18). The lowest BCUT2D eigenvalue weighted by molar-refractivity contribution is 0.0833. The van der Waals surface area contributed by atoms with E-state index in [4.69, 9.17) is 10.5 Å². The Hall–Kier alpha value is -1.49. The second-order valence-electron chi connectivity index (χ2n) is 5.85. The quantitative estimate of drug-likeness (QED) is 0.872. The zero-order valence-electron chi connectivity index (χ0n) is 11.4. The maximum absolute atomic E-state index is 12.4. The van der Waals surface area contributed by atoms with E-state index in [1.807, 2.05) is 24.6 Å². The van der Waals surface area contributed by atoms with Crippen LogP contribution in [0.3, 0.4) is 0 Å². The Morgan fingerprint density at radius 1 is 1.53 bits per heavy atom. The number of nitrogens with zero attached hydrogens (tertiary/aromatic N) is 1. The topological polar surface area (TPSA) is 69.3 Å². The minimum absolute atomic E-state index is 0.0495.